The molecule has 0 radical (unpaired) electrons. The lowest BCUT2D eigenvalue weighted by Crippen LogP contribution is -2.73. The van der Waals surface area contributed by atoms with E-state index in [0.717, 1.165) is 11.1 Å². The number of nitrogens with zero attached hydrogens (tertiary/aromatic N) is 3. The Labute approximate surface area is 252 Å². The molecule has 2 unspecified atom stereocenters. The molecular weight excluding hydrogens is 570 g/mol. The minimum Gasteiger partial charge on any atom is -0.452 e. The number of carbonyl (C=O) groups is 4. The summed E-state index contributed by atoms with van der Waals surface area (Å²) in [6.45, 7) is 3.98. The maximum absolute atomic E-state index is 13.8. The largest absolute Gasteiger partial charge is 0.452 e. The van der Waals surface area contributed by atoms with Crippen LogP contribution in [-0.2, 0) is 28.8 Å². The summed E-state index contributed by atoms with van der Waals surface area (Å²) in [5.41, 5.74) is 0.473. The summed E-state index contributed by atoms with van der Waals surface area (Å²) in [6, 6.07) is 22.7. The van der Waals surface area contributed by atoms with Crippen LogP contribution in [0.15, 0.2) is 96.7 Å². The fraction of sp³-hybridized carbons (Fsp3) is 0.226. The smallest absolute Gasteiger partial charge is 0.319 e. The summed E-state index contributed by atoms with van der Waals surface area (Å²) >= 11 is 1.36. The second-order valence-electron chi connectivity index (χ2n) is 9.88. The highest BCUT2D eigenvalue weighted by Gasteiger charge is 2.57. The first-order chi connectivity index (χ1) is 20.9. The van der Waals surface area contributed by atoms with Gasteiger partial charge in [-0.25, -0.2) is 4.98 Å². The van der Waals surface area contributed by atoms with Gasteiger partial charge in [0.25, 0.3) is 5.91 Å². The third-order valence-electron chi connectivity index (χ3n) is 7.22. The number of fused-ring (bicyclic) bond motifs is 1. The van der Waals surface area contributed by atoms with Crippen molar-refractivity contribution in [3.63, 3.8) is 0 Å². The minimum atomic E-state index is -1.15. The molecule has 11 nitrogen and oxygen atoms in total. The predicted octanol–water partition coefficient (Wildman–Crippen LogP) is 2.91. The number of hydrogen-bond donors (Lipinski definition) is 2. The molecule has 2 saturated heterocycles. The number of nitrogens with one attached hydrogen (secondary N) is 2. The van der Waals surface area contributed by atoms with E-state index in [9.17, 15) is 19.2 Å². The zero-order valence-electron chi connectivity index (χ0n) is 23.2. The first kappa shape index (κ1) is 29.5. The summed E-state index contributed by atoms with van der Waals surface area (Å²) in [4.78, 5) is 61.6. The van der Waals surface area contributed by atoms with Crippen molar-refractivity contribution in [2.75, 3.05) is 24.7 Å². The number of β-lactam (4-membered cyclic amide) rings is 1. The molecule has 3 heterocycles. The van der Waals surface area contributed by atoms with Crippen molar-refractivity contribution in [3.8, 4) is 0 Å². The van der Waals surface area contributed by atoms with E-state index in [1.165, 1.54) is 24.9 Å². The van der Waals surface area contributed by atoms with Gasteiger partial charge in [-0.3, -0.25) is 19.2 Å². The van der Waals surface area contributed by atoms with Crippen LogP contribution < -0.4 is 10.6 Å². The number of carbonyl (C=O) groups excluding carboxylic acids is 4. The monoisotopic (exact) mass is 599 g/mol. The molecule has 220 valence electrons. The van der Waals surface area contributed by atoms with Crippen LogP contribution >= 0.6 is 11.8 Å². The van der Waals surface area contributed by atoms with Gasteiger partial charge in [0.15, 0.2) is 11.8 Å². The molecule has 3 aromatic rings. The van der Waals surface area contributed by atoms with Crippen molar-refractivity contribution < 1.29 is 28.8 Å². The van der Waals surface area contributed by atoms with Crippen molar-refractivity contribution in [1.82, 2.24) is 15.2 Å². The van der Waals surface area contributed by atoms with Gasteiger partial charge in [0.05, 0.1) is 0 Å². The predicted molar refractivity (Wildman–Crippen MR) is 161 cm³/mol. The fourth-order valence-corrected chi connectivity index (χ4v) is 6.48. The molecule has 2 aromatic carbocycles. The maximum Gasteiger partial charge on any atom is 0.319 e. The van der Waals surface area contributed by atoms with E-state index in [1.54, 1.807) is 23.1 Å². The molecule has 2 aliphatic heterocycles. The van der Waals surface area contributed by atoms with Gasteiger partial charge in [-0.1, -0.05) is 78.0 Å². The number of oxime groups is 1. The molecule has 3 atom stereocenters. The quantitative estimate of drug-likeness (QED) is 0.0857. The molecule has 43 heavy (non-hydrogen) atoms. The van der Waals surface area contributed by atoms with Crippen LogP contribution in [0.2, 0.25) is 0 Å². The Hall–Kier alpha value is -4.97. The van der Waals surface area contributed by atoms with E-state index in [2.05, 4.69) is 27.4 Å². The van der Waals surface area contributed by atoms with Crippen molar-refractivity contribution >= 4 is 47.5 Å². The van der Waals surface area contributed by atoms with E-state index < -0.39 is 34.8 Å². The zero-order valence-corrected chi connectivity index (χ0v) is 24.0. The standard InChI is InChI=1S/C31H29N5O6S/c1-3-31(30(40)42-26(20-11-6-4-7-12-20)21-13-8-5-9-14-21)17-36-28(39)25(29(36)43-18-31)34-27(38)24(35-41-2)22-15-10-16-23(33-22)32-19-37/h3-16,19,25-26,29H,1,17-18H2,2H3,(H,34,38)(H,32,33,37)/t25?,29-,31?/m1/s1. The highest BCUT2D eigenvalue weighted by Crippen LogP contribution is 2.44. The lowest BCUT2D eigenvalue weighted by molar-refractivity contribution is -0.162. The number of thioether (sulfide) groups is 1. The second-order valence-corrected chi connectivity index (χ2v) is 11.0. The topological polar surface area (TPSA) is 139 Å². The maximum atomic E-state index is 13.8. The Morgan fingerprint density at radius 1 is 1.09 bits per heavy atom. The average Bonchev–Trinajstić information content (AvgIpc) is 3.05. The van der Waals surface area contributed by atoms with E-state index in [1.807, 2.05) is 60.7 Å². The number of anilines is 1. The number of amides is 3. The zero-order chi connectivity index (χ0) is 30.4. The number of rotatable bonds is 11. The first-order valence-corrected chi connectivity index (χ1v) is 14.4. The number of hydrogen-bond acceptors (Lipinski definition) is 9. The molecular formula is C31H29N5O6S. The van der Waals surface area contributed by atoms with Gasteiger partial charge in [0, 0.05) is 12.3 Å². The van der Waals surface area contributed by atoms with Gasteiger partial charge in [-0.05, 0) is 23.3 Å². The van der Waals surface area contributed by atoms with E-state index >= 15 is 0 Å². The van der Waals surface area contributed by atoms with Crippen molar-refractivity contribution in [1.29, 1.82) is 0 Å². The number of pyridine rings is 1. The molecule has 2 N–H and O–H groups in total. The molecule has 0 spiro atoms. The Morgan fingerprint density at radius 3 is 2.37 bits per heavy atom. The molecule has 0 bridgehead atoms. The van der Waals surface area contributed by atoms with Crippen LogP contribution in [0.3, 0.4) is 0 Å². The Morgan fingerprint density at radius 2 is 1.77 bits per heavy atom. The second kappa shape index (κ2) is 12.9. The van der Waals surface area contributed by atoms with Crippen molar-refractivity contribution in [2.24, 2.45) is 10.6 Å². The van der Waals surface area contributed by atoms with Crippen LogP contribution in [0.4, 0.5) is 5.82 Å². The number of esters is 1. The lowest BCUT2D eigenvalue weighted by atomic mass is 9.87. The van der Waals surface area contributed by atoms with Gasteiger partial charge in [-0.2, -0.15) is 0 Å². The van der Waals surface area contributed by atoms with Crippen molar-refractivity contribution in [3.05, 3.63) is 108 Å². The van der Waals surface area contributed by atoms with Gasteiger partial charge < -0.3 is 25.1 Å². The van der Waals surface area contributed by atoms with E-state index in [-0.39, 0.29) is 29.7 Å². The molecule has 2 aliphatic rings. The van der Waals surface area contributed by atoms with Gasteiger partial charge in [-0.15, -0.1) is 18.3 Å². The van der Waals surface area contributed by atoms with Crippen LogP contribution in [-0.4, -0.2) is 70.6 Å². The molecule has 5 rings (SSSR count). The molecule has 3 amide bonds. The Kier molecular flexibility index (Phi) is 8.86. The normalized spacial score (nSPS) is 21.2. The van der Waals surface area contributed by atoms with Gasteiger partial charge >= 0.3 is 5.97 Å². The highest BCUT2D eigenvalue weighted by molar-refractivity contribution is 8.00. The van der Waals surface area contributed by atoms with Crippen LogP contribution in [0.1, 0.15) is 22.9 Å². The fourth-order valence-electron chi connectivity index (χ4n) is 4.95. The van der Waals surface area contributed by atoms with Crippen LogP contribution in [0.25, 0.3) is 0 Å². The minimum absolute atomic E-state index is 0.0640. The van der Waals surface area contributed by atoms with Crippen LogP contribution in [0, 0.1) is 5.41 Å². The Balaban J connectivity index is 1.29. The number of benzene rings is 2. The number of aromatic nitrogens is 1. The molecule has 2 fully saturated rings. The van der Waals surface area contributed by atoms with Gasteiger partial charge in [0.1, 0.15) is 35.5 Å². The summed E-state index contributed by atoms with van der Waals surface area (Å²) in [6.07, 6.45) is 1.37. The van der Waals surface area contributed by atoms with Crippen LogP contribution in [0.5, 0.6) is 0 Å². The SMILES string of the molecule is C=CC1(C(=O)OC(c2ccccc2)c2ccccc2)CS[C@@H]2C(NC(=O)C(=NOC)c3cccc(NC=O)n3)C(=O)N2C1. The summed E-state index contributed by atoms with van der Waals surface area (Å²) < 4.78 is 6.13. The van der Waals surface area contributed by atoms with Crippen molar-refractivity contribution in [2.45, 2.75) is 17.5 Å². The Bertz CT molecular complexity index is 1510. The van der Waals surface area contributed by atoms with E-state index in [4.69, 9.17) is 9.57 Å². The average molecular weight is 600 g/mol. The summed E-state index contributed by atoms with van der Waals surface area (Å²) in [5, 5.41) is 8.52. The lowest BCUT2D eigenvalue weighted by Gasteiger charge is -2.53. The third kappa shape index (κ3) is 6.00. The molecule has 0 aliphatic carbocycles. The summed E-state index contributed by atoms with van der Waals surface area (Å²) in [5.74, 6) is -1.01. The first-order valence-electron chi connectivity index (χ1n) is 13.4. The van der Waals surface area contributed by atoms with E-state index in [0.29, 0.717) is 12.2 Å². The molecule has 1 aromatic heterocycles. The summed E-state index contributed by atoms with van der Waals surface area (Å²) in [7, 11) is 1.28. The number of ether oxygens (including phenoxy) is 1. The molecule has 12 heteroatoms. The third-order valence-corrected chi connectivity index (χ3v) is 8.77. The molecule has 0 saturated carbocycles. The highest BCUT2D eigenvalue weighted by atomic mass is 32.2. The van der Waals surface area contributed by atoms with Gasteiger partial charge in [0.2, 0.25) is 12.3 Å².